The summed E-state index contributed by atoms with van der Waals surface area (Å²) in [4.78, 5) is 18.8. The van der Waals surface area contributed by atoms with Crippen molar-refractivity contribution in [3.05, 3.63) is 24.3 Å². The first-order valence-electron chi connectivity index (χ1n) is 9.07. The van der Waals surface area contributed by atoms with E-state index in [0.717, 1.165) is 50.7 Å². The Balaban J connectivity index is 1.93. The third-order valence-electron chi connectivity index (χ3n) is 4.53. The summed E-state index contributed by atoms with van der Waals surface area (Å²) in [5, 5.41) is 3.08. The number of hydrogen-bond acceptors (Lipinski definition) is 5. The van der Waals surface area contributed by atoms with Gasteiger partial charge in [-0.3, -0.25) is 4.79 Å². The van der Waals surface area contributed by atoms with Crippen molar-refractivity contribution in [2.75, 3.05) is 71.9 Å². The number of benzene rings is 1. The standard InChI is InChI=1S/C19H32N4O2/c1-16(15-20-2)19(24)23-11-9-22(10-12-23)17-7-5-6-8-18(17)25-14-13-21(3)4/h5-8,16,20H,9-15H2,1-4H3. The van der Waals surface area contributed by atoms with E-state index in [1.165, 1.54) is 0 Å². The van der Waals surface area contributed by atoms with E-state index in [-0.39, 0.29) is 11.8 Å². The Morgan fingerprint density at radius 1 is 1.24 bits per heavy atom. The van der Waals surface area contributed by atoms with Gasteiger partial charge in [0.2, 0.25) is 5.91 Å². The van der Waals surface area contributed by atoms with Gasteiger partial charge in [-0.05, 0) is 33.3 Å². The zero-order valence-corrected chi connectivity index (χ0v) is 16.0. The fourth-order valence-corrected chi connectivity index (χ4v) is 3.05. The minimum absolute atomic E-state index is 0.0261. The van der Waals surface area contributed by atoms with Crippen molar-refractivity contribution >= 4 is 11.6 Å². The van der Waals surface area contributed by atoms with Gasteiger partial charge < -0.3 is 24.8 Å². The maximum absolute atomic E-state index is 12.4. The van der Waals surface area contributed by atoms with Crippen molar-refractivity contribution in [1.29, 1.82) is 0 Å². The molecule has 1 saturated heterocycles. The number of ether oxygens (including phenoxy) is 1. The Morgan fingerprint density at radius 2 is 1.92 bits per heavy atom. The molecular formula is C19H32N4O2. The van der Waals surface area contributed by atoms with Gasteiger partial charge in [0.1, 0.15) is 12.4 Å². The van der Waals surface area contributed by atoms with Crippen LogP contribution in [0.15, 0.2) is 24.3 Å². The lowest BCUT2D eigenvalue weighted by atomic mass is 10.1. The highest BCUT2D eigenvalue weighted by molar-refractivity contribution is 5.79. The highest BCUT2D eigenvalue weighted by atomic mass is 16.5. The van der Waals surface area contributed by atoms with Gasteiger partial charge in [0, 0.05) is 45.2 Å². The molecule has 1 unspecified atom stereocenters. The van der Waals surface area contributed by atoms with Crippen LogP contribution in [0, 0.1) is 5.92 Å². The van der Waals surface area contributed by atoms with E-state index in [1.54, 1.807) is 0 Å². The summed E-state index contributed by atoms with van der Waals surface area (Å²) >= 11 is 0. The van der Waals surface area contributed by atoms with Crippen LogP contribution in [-0.2, 0) is 4.79 Å². The van der Waals surface area contributed by atoms with Gasteiger partial charge in [0.05, 0.1) is 5.69 Å². The average molecular weight is 348 g/mol. The van der Waals surface area contributed by atoms with Gasteiger partial charge in [-0.1, -0.05) is 19.1 Å². The lowest BCUT2D eigenvalue weighted by Crippen LogP contribution is -2.51. The van der Waals surface area contributed by atoms with Crippen LogP contribution in [0.3, 0.4) is 0 Å². The van der Waals surface area contributed by atoms with E-state index < -0.39 is 0 Å². The monoisotopic (exact) mass is 348 g/mol. The second-order valence-corrected chi connectivity index (χ2v) is 6.89. The third kappa shape index (κ3) is 5.61. The second kappa shape index (κ2) is 9.63. The number of amides is 1. The quantitative estimate of drug-likeness (QED) is 0.763. The zero-order chi connectivity index (χ0) is 18.2. The number of carbonyl (C=O) groups excluding carboxylic acids is 1. The Bertz CT molecular complexity index is 542. The van der Waals surface area contributed by atoms with E-state index >= 15 is 0 Å². The van der Waals surface area contributed by atoms with E-state index in [4.69, 9.17) is 4.74 Å². The minimum atomic E-state index is 0.0261. The van der Waals surface area contributed by atoms with Crippen LogP contribution < -0.4 is 15.0 Å². The van der Waals surface area contributed by atoms with Crippen LogP contribution in [0.2, 0.25) is 0 Å². The molecule has 0 bridgehead atoms. The van der Waals surface area contributed by atoms with Crippen molar-refractivity contribution in [2.24, 2.45) is 5.92 Å². The van der Waals surface area contributed by atoms with E-state index in [0.29, 0.717) is 6.61 Å². The Labute approximate surface area is 151 Å². The molecular weight excluding hydrogens is 316 g/mol. The molecule has 0 spiro atoms. The maximum atomic E-state index is 12.4. The minimum Gasteiger partial charge on any atom is -0.490 e. The van der Waals surface area contributed by atoms with Crippen LogP contribution in [0.1, 0.15) is 6.92 Å². The van der Waals surface area contributed by atoms with Crippen LogP contribution >= 0.6 is 0 Å². The molecule has 25 heavy (non-hydrogen) atoms. The summed E-state index contributed by atoms with van der Waals surface area (Å²) in [5.41, 5.74) is 1.12. The zero-order valence-electron chi connectivity index (χ0n) is 16.0. The molecule has 0 aromatic heterocycles. The first-order chi connectivity index (χ1) is 12.0. The van der Waals surface area contributed by atoms with Gasteiger partial charge in [0.25, 0.3) is 0 Å². The molecule has 6 nitrogen and oxygen atoms in total. The van der Waals surface area contributed by atoms with Gasteiger partial charge in [-0.15, -0.1) is 0 Å². The van der Waals surface area contributed by atoms with Gasteiger partial charge in [-0.25, -0.2) is 0 Å². The highest BCUT2D eigenvalue weighted by Crippen LogP contribution is 2.29. The normalized spacial score (nSPS) is 16.2. The lowest BCUT2D eigenvalue weighted by molar-refractivity contribution is -0.135. The van der Waals surface area contributed by atoms with Gasteiger partial charge in [-0.2, -0.15) is 0 Å². The maximum Gasteiger partial charge on any atom is 0.226 e. The first-order valence-corrected chi connectivity index (χ1v) is 9.07. The number of nitrogens with one attached hydrogen (secondary N) is 1. The molecule has 1 N–H and O–H groups in total. The Morgan fingerprint density at radius 3 is 2.56 bits per heavy atom. The molecule has 1 atom stereocenters. The summed E-state index contributed by atoms with van der Waals surface area (Å²) in [6, 6.07) is 8.18. The number of nitrogens with zero attached hydrogens (tertiary/aromatic N) is 3. The molecule has 1 aromatic carbocycles. The van der Waals surface area contributed by atoms with Crippen LogP contribution in [0.4, 0.5) is 5.69 Å². The second-order valence-electron chi connectivity index (χ2n) is 6.89. The van der Waals surface area contributed by atoms with E-state index in [1.807, 2.05) is 51.2 Å². The van der Waals surface area contributed by atoms with Crippen molar-refractivity contribution in [3.63, 3.8) is 0 Å². The molecule has 2 rings (SSSR count). The lowest BCUT2D eigenvalue weighted by Gasteiger charge is -2.37. The van der Waals surface area contributed by atoms with E-state index in [2.05, 4.69) is 21.2 Å². The molecule has 1 aliphatic rings. The fraction of sp³-hybridized carbons (Fsp3) is 0.632. The Kier molecular flexibility index (Phi) is 7.52. The number of piperazine rings is 1. The predicted molar refractivity (Wildman–Crippen MR) is 102 cm³/mol. The molecule has 0 aliphatic carbocycles. The fourth-order valence-electron chi connectivity index (χ4n) is 3.05. The first kappa shape index (κ1) is 19.5. The van der Waals surface area contributed by atoms with E-state index in [9.17, 15) is 4.79 Å². The Hall–Kier alpha value is -1.79. The van der Waals surface area contributed by atoms with Crippen molar-refractivity contribution in [3.8, 4) is 5.75 Å². The number of hydrogen-bond donors (Lipinski definition) is 1. The number of rotatable bonds is 8. The number of para-hydroxylation sites is 2. The number of carbonyl (C=O) groups is 1. The molecule has 1 aliphatic heterocycles. The van der Waals surface area contributed by atoms with Crippen molar-refractivity contribution in [1.82, 2.24) is 15.1 Å². The van der Waals surface area contributed by atoms with Crippen molar-refractivity contribution in [2.45, 2.75) is 6.92 Å². The largest absolute Gasteiger partial charge is 0.490 e. The number of anilines is 1. The average Bonchev–Trinajstić information content (AvgIpc) is 2.61. The van der Waals surface area contributed by atoms with Gasteiger partial charge >= 0.3 is 0 Å². The smallest absolute Gasteiger partial charge is 0.226 e. The number of likely N-dealkylation sites (N-methyl/N-ethyl adjacent to an activating group) is 1. The molecule has 1 amide bonds. The summed E-state index contributed by atoms with van der Waals surface area (Å²) in [6.07, 6.45) is 0. The SMILES string of the molecule is CNCC(C)C(=O)N1CCN(c2ccccc2OCCN(C)C)CC1. The van der Waals surface area contributed by atoms with Crippen LogP contribution in [0.5, 0.6) is 5.75 Å². The molecule has 0 radical (unpaired) electrons. The summed E-state index contributed by atoms with van der Waals surface area (Å²) < 4.78 is 5.97. The molecule has 1 fully saturated rings. The molecule has 1 heterocycles. The third-order valence-corrected chi connectivity index (χ3v) is 4.53. The summed E-state index contributed by atoms with van der Waals surface area (Å²) in [7, 11) is 5.97. The molecule has 1 aromatic rings. The molecule has 140 valence electrons. The van der Waals surface area contributed by atoms with Crippen molar-refractivity contribution < 1.29 is 9.53 Å². The topological polar surface area (TPSA) is 48.1 Å². The molecule has 0 saturated carbocycles. The summed E-state index contributed by atoms with van der Waals surface area (Å²) in [6.45, 7) is 7.47. The predicted octanol–water partition coefficient (Wildman–Crippen LogP) is 1.13. The van der Waals surface area contributed by atoms with Crippen LogP contribution in [-0.4, -0.2) is 82.7 Å². The summed E-state index contributed by atoms with van der Waals surface area (Å²) in [5.74, 6) is 1.19. The molecule has 6 heteroatoms. The van der Waals surface area contributed by atoms with Crippen LogP contribution in [0.25, 0.3) is 0 Å². The highest BCUT2D eigenvalue weighted by Gasteiger charge is 2.25. The van der Waals surface area contributed by atoms with Gasteiger partial charge in [0.15, 0.2) is 0 Å².